The molecular weight excluding hydrogens is 354 g/mol. The Kier molecular flexibility index (Phi) is 6.01. The topological polar surface area (TPSA) is 62.6 Å². The van der Waals surface area contributed by atoms with E-state index in [-0.39, 0.29) is 11.8 Å². The van der Waals surface area contributed by atoms with Crippen LogP contribution in [0.5, 0.6) is 0 Å². The largest absolute Gasteiger partial charge is 0.465 e. The lowest BCUT2D eigenvalue weighted by Gasteiger charge is -2.31. The number of carbonyl (C=O) groups excluding carboxylic acids is 2. The van der Waals surface area contributed by atoms with Crippen molar-refractivity contribution in [3.63, 3.8) is 0 Å². The number of piperidine rings is 1. The molecule has 27 heavy (non-hydrogen) atoms. The van der Waals surface area contributed by atoms with Crippen LogP contribution in [0.3, 0.4) is 0 Å². The van der Waals surface area contributed by atoms with Crippen LogP contribution in [0.1, 0.15) is 29.0 Å². The Morgan fingerprint density at radius 3 is 2.48 bits per heavy atom. The van der Waals surface area contributed by atoms with Gasteiger partial charge in [0.15, 0.2) is 0 Å². The number of nitrogens with zero attached hydrogens (tertiary/aromatic N) is 1. The smallest absolute Gasteiger partial charge is 0.257 e. The van der Waals surface area contributed by atoms with Crippen LogP contribution in [0.2, 0.25) is 0 Å². The summed E-state index contributed by atoms with van der Waals surface area (Å²) >= 11 is 0. The zero-order valence-corrected chi connectivity index (χ0v) is 14.7. The Morgan fingerprint density at radius 2 is 1.85 bits per heavy atom. The van der Waals surface area contributed by atoms with Crippen molar-refractivity contribution in [2.24, 2.45) is 5.92 Å². The molecule has 0 atom stereocenters. The summed E-state index contributed by atoms with van der Waals surface area (Å²) < 4.78 is 32.4. The molecule has 5 nitrogen and oxygen atoms in total. The summed E-state index contributed by atoms with van der Waals surface area (Å²) in [6.07, 6.45) is 6.05. The fourth-order valence-corrected chi connectivity index (χ4v) is 3.04. The molecule has 0 saturated carbocycles. The number of carbonyl (C=O) groups is 2. The average molecular weight is 374 g/mol. The van der Waals surface area contributed by atoms with Gasteiger partial charge in [-0.25, -0.2) is 8.78 Å². The van der Waals surface area contributed by atoms with Gasteiger partial charge in [-0.2, -0.15) is 0 Å². The highest BCUT2D eigenvalue weighted by molar-refractivity contribution is 5.94. The third kappa shape index (κ3) is 4.81. The molecule has 0 spiro atoms. The highest BCUT2D eigenvalue weighted by Gasteiger charge is 2.23. The standard InChI is InChI=1S/C20H20F2N2O3/c21-16-4-1-5-17(22)19(16)20(26)23-13-14-8-10-24(11-9-14)18(25)7-6-15-3-2-12-27-15/h1-7,12,14H,8-11,13H2,(H,23,26)/b7-6+. The highest BCUT2D eigenvalue weighted by atomic mass is 19.1. The van der Waals surface area contributed by atoms with E-state index < -0.39 is 23.1 Å². The third-order valence-corrected chi connectivity index (χ3v) is 4.60. The van der Waals surface area contributed by atoms with Crippen molar-refractivity contribution < 1.29 is 22.8 Å². The minimum Gasteiger partial charge on any atom is -0.465 e. The van der Waals surface area contributed by atoms with Gasteiger partial charge in [0.25, 0.3) is 5.91 Å². The van der Waals surface area contributed by atoms with Crippen LogP contribution < -0.4 is 5.32 Å². The molecule has 1 saturated heterocycles. The fraction of sp³-hybridized carbons (Fsp3) is 0.300. The van der Waals surface area contributed by atoms with E-state index in [0.29, 0.717) is 38.2 Å². The van der Waals surface area contributed by atoms with Crippen LogP contribution >= 0.6 is 0 Å². The summed E-state index contributed by atoms with van der Waals surface area (Å²) in [6.45, 7) is 1.45. The maximum absolute atomic E-state index is 13.6. The van der Waals surface area contributed by atoms with Crippen molar-refractivity contribution in [2.45, 2.75) is 12.8 Å². The number of furan rings is 1. The van der Waals surface area contributed by atoms with Crippen molar-refractivity contribution >= 4 is 17.9 Å². The number of amides is 2. The molecule has 1 aromatic heterocycles. The van der Waals surface area contributed by atoms with E-state index in [0.717, 1.165) is 12.1 Å². The number of hydrogen-bond donors (Lipinski definition) is 1. The lowest BCUT2D eigenvalue weighted by Crippen LogP contribution is -2.41. The van der Waals surface area contributed by atoms with Crippen LogP contribution in [0.4, 0.5) is 8.78 Å². The predicted molar refractivity (Wildman–Crippen MR) is 95.7 cm³/mol. The molecular formula is C20H20F2N2O3. The lowest BCUT2D eigenvalue weighted by molar-refractivity contribution is -0.127. The van der Waals surface area contributed by atoms with Gasteiger partial charge in [0, 0.05) is 25.7 Å². The first kappa shape index (κ1) is 18.8. The Labute approximate surface area is 155 Å². The number of benzene rings is 1. The monoisotopic (exact) mass is 374 g/mol. The number of rotatable bonds is 5. The molecule has 0 bridgehead atoms. The predicted octanol–water partition coefficient (Wildman–Crippen LogP) is 3.24. The lowest BCUT2D eigenvalue weighted by atomic mass is 9.96. The average Bonchev–Trinajstić information content (AvgIpc) is 3.18. The normalized spacial score (nSPS) is 15.3. The van der Waals surface area contributed by atoms with Gasteiger partial charge < -0.3 is 14.6 Å². The quantitative estimate of drug-likeness (QED) is 0.818. The van der Waals surface area contributed by atoms with Gasteiger partial charge in [0.1, 0.15) is 23.0 Å². The van der Waals surface area contributed by atoms with E-state index in [4.69, 9.17) is 4.42 Å². The zero-order chi connectivity index (χ0) is 19.2. The summed E-state index contributed by atoms with van der Waals surface area (Å²) in [4.78, 5) is 25.9. The van der Waals surface area contributed by atoms with Crippen LogP contribution in [-0.4, -0.2) is 36.3 Å². The molecule has 3 rings (SSSR count). The maximum atomic E-state index is 13.6. The van der Waals surface area contributed by atoms with E-state index in [1.807, 2.05) is 0 Å². The van der Waals surface area contributed by atoms with Crippen molar-refractivity contribution in [1.29, 1.82) is 0 Å². The highest BCUT2D eigenvalue weighted by Crippen LogP contribution is 2.18. The Morgan fingerprint density at radius 1 is 1.15 bits per heavy atom. The van der Waals surface area contributed by atoms with Gasteiger partial charge in [-0.3, -0.25) is 9.59 Å². The summed E-state index contributed by atoms with van der Waals surface area (Å²) in [6, 6.07) is 6.83. The Bertz CT molecular complexity index is 806. The Hall–Kier alpha value is -2.96. The molecule has 0 unspecified atom stereocenters. The van der Waals surface area contributed by atoms with Gasteiger partial charge in [0.2, 0.25) is 5.91 Å². The third-order valence-electron chi connectivity index (χ3n) is 4.60. The van der Waals surface area contributed by atoms with Gasteiger partial charge in [0.05, 0.1) is 6.26 Å². The van der Waals surface area contributed by atoms with Crippen molar-refractivity contribution in [3.05, 3.63) is 65.6 Å². The van der Waals surface area contributed by atoms with Crippen LogP contribution in [-0.2, 0) is 4.79 Å². The minimum absolute atomic E-state index is 0.0951. The molecule has 1 N–H and O–H groups in total. The van der Waals surface area contributed by atoms with E-state index in [2.05, 4.69) is 5.32 Å². The molecule has 0 radical (unpaired) electrons. The molecule has 0 aliphatic carbocycles. The summed E-state index contributed by atoms with van der Waals surface area (Å²) in [5, 5.41) is 2.59. The molecule has 1 aliphatic rings. The van der Waals surface area contributed by atoms with E-state index in [9.17, 15) is 18.4 Å². The molecule has 1 fully saturated rings. The molecule has 142 valence electrons. The van der Waals surface area contributed by atoms with E-state index >= 15 is 0 Å². The van der Waals surface area contributed by atoms with Crippen LogP contribution in [0, 0.1) is 17.6 Å². The second kappa shape index (κ2) is 8.62. The summed E-state index contributed by atoms with van der Waals surface area (Å²) in [7, 11) is 0. The minimum atomic E-state index is -0.878. The van der Waals surface area contributed by atoms with E-state index in [1.165, 1.54) is 18.4 Å². The van der Waals surface area contributed by atoms with E-state index in [1.54, 1.807) is 23.1 Å². The molecule has 7 heteroatoms. The van der Waals surface area contributed by atoms with Gasteiger partial charge in [-0.1, -0.05) is 6.07 Å². The first-order valence-corrected chi connectivity index (χ1v) is 8.77. The first-order valence-electron chi connectivity index (χ1n) is 8.77. The molecule has 1 aromatic carbocycles. The maximum Gasteiger partial charge on any atom is 0.257 e. The SMILES string of the molecule is O=C(NCC1CCN(C(=O)/C=C/c2ccco2)CC1)c1c(F)cccc1F. The van der Waals surface area contributed by atoms with Gasteiger partial charge in [-0.05, 0) is 49.1 Å². The van der Waals surface area contributed by atoms with Crippen molar-refractivity contribution in [2.75, 3.05) is 19.6 Å². The van der Waals surface area contributed by atoms with Crippen molar-refractivity contribution in [1.82, 2.24) is 10.2 Å². The number of likely N-dealkylation sites (tertiary alicyclic amines) is 1. The number of hydrogen-bond acceptors (Lipinski definition) is 3. The van der Waals surface area contributed by atoms with Gasteiger partial charge >= 0.3 is 0 Å². The number of halogens is 2. The molecule has 2 heterocycles. The summed E-state index contributed by atoms with van der Waals surface area (Å²) in [5.74, 6) is -1.84. The summed E-state index contributed by atoms with van der Waals surface area (Å²) in [5.41, 5.74) is -0.562. The Balaban J connectivity index is 1.45. The molecule has 2 amide bonds. The molecule has 1 aliphatic heterocycles. The zero-order valence-electron chi connectivity index (χ0n) is 14.7. The second-order valence-electron chi connectivity index (χ2n) is 6.42. The van der Waals surface area contributed by atoms with Gasteiger partial charge in [-0.15, -0.1) is 0 Å². The molecule has 2 aromatic rings. The fourth-order valence-electron chi connectivity index (χ4n) is 3.04. The second-order valence-corrected chi connectivity index (χ2v) is 6.42. The first-order chi connectivity index (χ1) is 13.0. The van der Waals surface area contributed by atoms with Crippen LogP contribution in [0.25, 0.3) is 6.08 Å². The number of nitrogens with one attached hydrogen (secondary N) is 1. The van der Waals surface area contributed by atoms with Crippen molar-refractivity contribution in [3.8, 4) is 0 Å². The van der Waals surface area contributed by atoms with Crippen LogP contribution in [0.15, 0.2) is 47.1 Å².